The Morgan fingerprint density at radius 3 is 2.28 bits per heavy atom. The largest absolute Gasteiger partial charge is 0.495 e. The molecule has 0 saturated heterocycles. The van der Waals surface area contributed by atoms with Gasteiger partial charge in [-0.05, 0) is 54.1 Å². The van der Waals surface area contributed by atoms with Crippen LogP contribution in [0.15, 0.2) is 64.5 Å². The Morgan fingerprint density at radius 2 is 1.70 bits per heavy atom. The Kier molecular flexibility index (Phi) is 11.1. The lowest BCUT2D eigenvalue weighted by atomic mass is 9.77. The van der Waals surface area contributed by atoms with Gasteiger partial charge in [0, 0.05) is 42.4 Å². The van der Waals surface area contributed by atoms with E-state index in [4.69, 9.17) is 21.3 Å². The third-order valence-electron chi connectivity index (χ3n) is 8.22. The van der Waals surface area contributed by atoms with Crippen molar-refractivity contribution in [3.8, 4) is 5.75 Å². The summed E-state index contributed by atoms with van der Waals surface area (Å²) in [6.45, 7) is 5.43. The number of aliphatic imine (C=N–C) groups is 1. The second kappa shape index (κ2) is 14.1. The van der Waals surface area contributed by atoms with E-state index in [1.165, 1.54) is 19.2 Å². The Balaban J connectivity index is 1.58. The fourth-order valence-corrected chi connectivity index (χ4v) is 7.85. The molecule has 1 heterocycles. The van der Waals surface area contributed by atoms with Crippen molar-refractivity contribution in [3.63, 3.8) is 0 Å². The first-order valence-corrected chi connectivity index (χ1v) is 17.6. The van der Waals surface area contributed by atoms with Crippen LogP contribution in [0.4, 0.5) is 18.9 Å². The van der Waals surface area contributed by atoms with Gasteiger partial charge in [0.2, 0.25) is 10.0 Å². The average molecular weight is 698 g/mol. The molecule has 1 unspecified atom stereocenters. The molecular weight excluding hydrogens is 657 g/mol. The monoisotopic (exact) mass is 697 g/mol. The first-order chi connectivity index (χ1) is 21.5. The Bertz CT molecular complexity index is 1670. The van der Waals surface area contributed by atoms with Gasteiger partial charge in [-0.15, -0.1) is 0 Å². The Labute approximate surface area is 279 Å². The van der Waals surface area contributed by atoms with Crippen LogP contribution in [-0.4, -0.2) is 83.4 Å². The van der Waals surface area contributed by atoms with Crippen molar-refractivity contribution in [2.45, 2.75) is 42.4 Å². The number of quaternary nitrogens is 1. The Hall–Kier alpha value is -2.77. The number of anilines is 1. The highest BCUT2D eigenvalue weighted by Gasteiger charge is 2.42. The minimum absolute atomic E-state index is 0.143. The van der Waals surface area contributed by atoms with E-state index in [9.17, 15) is 12.8 Å². The first-order valence-electron chi connectivity index (χ1n) is 14.8. The summed E-state index contributed by atoms with van der Waals surface area (Å²) in [4.78, 5) is 6.27. The second-order valence-electron chi connectivity index (χ2n) is 12.9. The summed E-state index contributed by atoms with van der Waals surface area (Å²) in [5.41, 5.74) is 0.815. The van der Waals surface area contributed by atoms with E-state index in [-0.39, 0.29) is 23.9 Å². The summed E-state index contributed by atoms with van der Waals surface area (Å²) in [5, 5.41) is 0.976. The fraction of sp³-hybridized carbons (Fsp3) is 0.424. The van der Waals surface area contributed by atoms with Gasteiger partial charge in [0.05, 0.1) is 57.3 Å². The van der Waals surface area contributed by atoms with Crippen molar-refractivity contribution >= 4 is 44.2 Å². The van der Waals surface area contributed by atoms with E-state index in [2.05, 4.69) is 13.8 Å². The molecule has 0 N–H and O–H groups in total. The van der Waals surface area contributed by atoms with Crippen LogP contribution in [-0.2, 0) is 21.2 Å². The maximum absolute atomic E-state index is 15.4. The number of nitrogens with zero attached hydrogens (tertiary/aromatic N) is 4. The van der Waals surface area contributed by atoms with E-state index in [0.717, 1.165) is 40.3 Å². The van der Waals surface area contributed by atoms with Crippen molar-refractivity contribution in [1.82, 2.24) is 4.31 Å². The van der Waals surface area contributed by atoms with Crippen LogP contribution in [0.3, 0.4) is 0 Å². The predicted octanol–water partition coefficient (Wildman–Crippen LogP) is 6.94. The Morgan fingerprint density at radius 1 is 1.07 bits per heavy atom. The lowest BCUT2D eigenvalue weighted by Gasteiger charge is -2.39. The van der Waals surface area contributed by atoms with Crippen molar-refractivity contribution in [1.29, 1.82) is 0 Å². The maximum atomic E-state index is 15.4. The lowest BCUT2D eigenvalue weighted by molar-refractivity contribution is -0.870. The highest BCUT2D eigenvalue weighted by Crippen LogP contribution is 2.41. The summed E-state index contributed by atoms with van der Waals surface area (Å²) >= 11 is 7.41. The van der Waals surface area contributed by atoms with Crippen molar-refractivity contribution < 1.29 is 30.8 Å². The molecular formula is C33H41ClF3N4O3S2+. The molecule has 4 rings (SSSR count). The highest BCUT2D eigenvalue weighted by atomic mass is 35.5. The number of benzene rings is 3. The molecule has 0 spiro atoms. The topological polar surface area (TPSA) is 62.2 Å². The molecule has 0 aromatic heterocycles. The number of hydrogen-bond donors (Lipinski definition) is 0. The zero-order valence-electron chi connectivity index (χ0n) is 27.2. The maximum Gasteiger partial charge on any atom is 0.243 e. The molecule has 3 aromatic carbocycles. The number of halogens is 4. The predicted molar refractivity (Wildman–Crippen MR) is 181 cm³/mol. The summed E-state index contributed by atoms with van der Waals surface area (Å²) in [5.74, 6) is -1.92. The number of thioether (sulfide) groups is 1. The minimum Gasteiger partial charge on any atom is -0.495 e. The molecule has 0 fully saturated rings. The molecule has 250 valence electrons. The molecule has 1 aliphatic rings. The smallest absolute Gasteiger partial charge is 0.243 e. The van der Waals surface area contributed by atoms with Crippen LogP contribution in [0.5, 0.6) is 5.75 Å². The van der Waals surface area contributed by atoms with E-state index < -0.39 is 37.8 Å². The van der Waals surface area contributed by atoms with Crippen LogP contribution >= 0.6 is 23.4 Å². The van der Waals surface area contributed by atoms with Crippen molar-refractivity contribution in [2.24, 2.45) is 4.99 Å². The number of hydrogen-bond acceptors (Lipinski definition) is 6. The van der Waals surface area contributed by atoms with Gasteiger partial charge in [-0.25, -0.2) is 25.9 Å². The number of amidine groups is 1. The van der Waals surface area contributed by atoms with Gasteiger partial charge in [0.25, 0.3) is 0 Å². The lowest BCUT2D eigenvalue weighted by Crippen LogP contribution is -2.48. The van der Waals surface area contributed by atoms with E-state index in [1.807, 2.05) is 38.2 Å². The van der Waals surface area contributed by atoms with E-state index in [0.29, 0.717) is 39.1 Å². The number of rotatable bonds is 12. The van der Waals surface area contributed by atoms with Gasteiger partial charge in [-0.3, -0.25) is 4.99 Å². The van der Waals surface area contributed by atoms with Gasteiger partial charge in [0.1, 0.15) is 23.2 Å². The van der Waals surface area contributed by atoms with Gasteiger partial charge in [0.15, 0.2) is 5.17 Å². The van der Waals surface area contributed by atoms with Crippen LogP contribution < -0.4 is 9.64 Å². The molecule has 0 aliphatic carbocycles. The summed E-state index contributed by atoms with van der Waals surface area (Å²) in [6.07, 6.45) is 0.592. The fourth-order valence-electron chi connectivity index (χ4n) is 5.34. The van der Waals surface area contributed by atoms with Crippen LogP contribution in [0.1, 0.15) is 31.4 Å². The summed E-state index contributed by atoms with van der Waals surface area (Å²) in [7, 11) is 4.87. The zero-order valence-corrected chi connectivity index (χ0v) is 29.5. The van der Waals surface area contributed by atoms with Gasteiger partial charge in [-0.1, -0.05) is 43.3 Å². The molecule has 0 amide bonds. The zero-order chi connectivity index (χ0) is 34.0. The first kappa shape index (κ1) is 36.1. The summed E-state index contributed by atoms with van der Waals surface area (Å²) < 4.78 is 78.1. The number of sulfonamides is 1. The average Bonchev–Trinajstić information content (AvgIpc) is 3.41. The standard InChI is InChI=1S/C33H41ClF3N4O3S2/c1-33(2,22-9-14-27(34)30(17-22)44-7)31-20-38-32(40(31)24-12-10-23(35)11-13-24)45-21-26-28(36)18-25(19-29(26)37)46(42,43)39(3)15-8-16-41(4,5)6/h9-14,17-19,31H,8,15-16,20-21H2,1-7H3/q+1. The summed E-state index contributed by atoms with van der Waals surface area (Å²) in [6, 6.07) is 13.0. The number of ether oxygens (including phenoxy) is 1. The van der Waals surface area contributed by atoms with Crippen LogP contribution in [0.2, 0.25) is 5.02 Å². The third kappa shape index (κ3) is 8.02. The van der Waals surface area contributed by atoms with Crippen LogP contribution in [0.25, 0.3) is 0 Å². The van der Waals surface area contributed by atoms with Gasteiger partial charge in [-0.2, -0.15) is 0 Å². The third-order valence-corrected chi connectivity index (χ3v) is 11.4. The molecule has 0 bridgehead atoms. The quantitative estimate of drug-likeness (QED) is 0.192. The molecule has 0 radical (unpaired) electrons. The van der Waals surface area contributed by atoms with Crippen molar-refractivity contribution in [2.75, 3.05) is 59.8 Å². The van der Waals surface area contributed by atoms with E-state index >= 15 is 8.78 Å². The molecule has 46 heavy (non-hydrogen) atoms. The molecule has 1 aliphatic heterocycles. The normalized spacial score (nSPS) is 15.9. The number of methoxy groups -OCH3 is 1. The van der Waals surface area contributed by atoms with Gasteiger partial charge < -0.3 is 14.1 Å². The molecule has 3 aromatic rings. The molecule has 1 atom stereocenters. The van der Waals surface area contributed by atoms with Crippen LogP contribution in [0, 0.1) is 17.5 Å². The molecule has 0 saturated carbocycles. The molecule has 7 nitrogen and oxygen atoms in total. The van der Waals surface area contributed by atoms with Crippen molar-refractivity contribution in [3.05, 3.63) is 88.2 Å². The molecule has 13 heteroatoms. The minimum atomic E-state index is -4.10. The highest BCUT2D eigenvalue weighted by molar-refractivity contribution is 8.13. The van der Waals surface area contributed by atoms with Gasteiger partial charge >= 0.3 is 0 Å². The van der Waals surface area contributed by atoms with E-state index in [1.54, 1.807) is 25.3 Å². The SMILES string of the molecule is COc1cc(C(C)(C)C2CN=C(SCc3c(F)cc(S(=O)(=O)N(C)CCC[N+](C)(C)C)cc3F)N2c2ccc(F)cc2)ccc1Cl. The second-order valence-corrected chi connectivity index (χ2v) is 16.3.